The molecule has 0 unspecified atom stereocenters. The number of urea groups is 1. The van der Waals surface area contributed by atoms with Crippen LogP contribution in [0, 0.1) is 5.92 Å². The number of carbonyl (C=O) groups is 2. The summed E-state index contributed by atoms with van der Waals surface area (Å²) in [6.07, 6.45) is -0.425. The van der Waals surface area contributed by atoms with Gasteiger partial charge in [0.1, 0.15) is 17.2 Å². The van der Waals surface area contributed by atoms with E-state index in [0.717, 1.165) is 27.6 Å². The lowest BCUT2D eigenvalue weighted by atomic mass is 9.96. The SMILES string of the molecule is COc1ccc(NC(=O)N(C)C[C@H]2OCc3ccccc3-c3c(n(C)c4ccccc34)C(=O)N([C@H](C)CO)C[C@@H]2C)c(OC)c1. The number of carbonyl (C=O) groups excluding carboxylic acids is 2. The molecule has 3 amide bonds. The number of hydrogen-bond acceptors (Lipinski definition) is 6. The molecule has 10 heteroatoms. The van der Waals surface area contributed by atoms with E-state index in [9.17, 15) is 14.7 Å². The van der Waals surface area contributed by atoms with Crippen molar-refractivity contribution in [1.82, 2.24) is 14.4 Å². The minimum absolute atomic E-state index is 0.162. The van der Waals surface area contributed by atoms with Crippen molar-refractivity contribution in [3.8, 4) is 22.6 Å². The molecule has 10 nitrogen and oxygen atoms in total. The summed E-state index contributed by atoms with van der Waals surface area (Å²) >= 11 is 0. The van der Waals surface area contributed by atoms with Crippen LogP contribution >= 0.6 is 0 Å². The lowest BCUT2D eigenvalue weighted by molar-refractivity contribution is -0.0179. The lowest BCUT2D eigenvalue weighted by Gasteiger charge is -2.35. The van der Waals surface area contributed by atoms with E-state index in [0.29, 0.717) is 36.0 Å². The summed E-state index contributed by atoms with van der Waals surface area (Å²) < 4.78 is 19.3. The second-order valence-corrected chi connectivity index (χ2v) is 11.6. The third-order valence-corrected chi connectivity index (χ3v) is 8.68. The predicted octanol–water partition coefficient (Wildman–Crippen LogP) is 5.38. The Morgan fingerprint density at radius 2 is 1.84 bits per heavy atom. The van der Waals surface area contributed by atoms with Crippen LogP contribution in [-0.2, 0) is 18.4 Å². The standard InChI is InChI=1S/C35H42N4O6/c1-22-18-39(23(2)20-40)34(41)33-32(27-13-9-10-14-29(27)38(33)4)26-12-8-7-11-24(26)21-45-31(22)19-37(3)35(42)36-28-16-15-25(43-5)17-30(28)44-6/h7-17,22-23,31,40H,18-21H2,1-6H3,(H,36,42)/t22-,23+,31+/m0/s1. The molecule has 3 atom stereocenters. The Kier molecular flexibility index (Phi) is 9.65. The molecule has 2 heterocycles. The molecular weight excluding hydrogens is 572 g/mol. The summed E-state index contributed by atoms with van der Waals surface area (Å²) in [7, 11) is 6.73. The number of aliphatic hydroxyl groups is 1. The Labute approximate surface area is 264 Å². The normalized spacial score (nSPS) is 17.6. The molecule has 2 N–H and O–H groups in total. The van der Waals surface area contributed by atoms with Crippen molar-refractivity contribution >= 4 is 28.5 Å². The topological polar surface area (TPSA) is 106 Å². The molecule has 1 aliphatic rings. The van der Waals surface area contributed by atoms with E-state index < -0.39 is 12.1 Å². The zero-order valence-corrected chi connectivity index (χ0v) is 26.7. The fourth-order valence-electron chi connectivity index (χ4n) is 5.99. The van der Waals surface area contributed by atoms with E-state index in [1.165, 1.54) is 7.11 Å². The number of aliphatic hydroxyl groups excluding tert-OH is 1. The first kappa shape index (κ1) is 31.9. The molecule has 3 aromatic carbocycles. The number of aromatic nitrogens is 1. The van der Waals surface area contributed by atoms with Crippen LogP contribution in [0.3, 0.4) is 0 Å². The number of ether oxygens (including phenoxy) is 3. The molecule has 4 aromatic rings. The van der Waals surface area contributed by atoms with Gasteiger partial charge in [0.2, 0.25) is 0 Å². The molecule has 0 fully saturated rings. The molecule has 0 radical (unpaired) electrons. The van der Waals surface area contributed by atoms with Crippen molar-refractivity contribution in [3.63, 3.8) is 0 Å². The second kappa shape index (κ2) is 13.6. The molecule has 0 saturated carbocycles. The van der Waals surface area contributed by atoms with E-state index >= 15 is 0 Å². The highest BCUT2D eigenvalue weighted by Gasteiger charge is 2.34. The zero-order valence-electron chi connectivity index (χ0n) is 26.7. The van der Waals surface area contributed by atoms with Gasteiger partial charge in [-0.3, -0.25) is 4.79 Å². The maximum absolute atomic E-state index is 14.5. The van der Waals surface area contributed by atoms with Gasteiger partial charge in [-0.1, -0.05) is 49.4 Å². The van der Waals surface area contributed by atoms with Gasteiger partial charge in [0, 0.05) is 55.6 Å². The van der Waals surface area contributed by atoms with Gasteiger partial charge in [0.25, 0.3) is 5.91 Å². The van der Waals surface area contributed by atoms with Gasteiger partial charge in [0.05, 0.1) is 45.3 Å². The van der Waals surface area contributed by atoms with Crippen LogP contribution in [-0.4, -0.2) is 84.5 Å². The molecular formula is C35H42N4O6. The highest BCUT2D eigenvalue weighted by atomic mass is 16.5. The van der Waals surface area contributed by atoms with Crippen molar-refractivity contribution in [2.24, 2.45) is 13.0 Å². The number of para-hydroxylation sites is 1. The van der Waals surface area contributed by atoms with Crippen LogP contribution < -0.4 is 14.8 Å². The van der Waals surface area contributed by atoms with E-state index in [1.807, 2.05) is 74.0 Å². The number of likely N-dealkylation sites (N-methyl/N-ethyl adjacent to an activating group) is 1. The minimum Gasteiger partial charge on any atom is -0.497 e. The van der Waals surface area contributed by atoms with Crippen molar-refractivity contribution in [2.75, 3.05) is 46.3 Å². The first-order valence-electron chi connectivity index (χ1n) is 15.1. The Balaban J connectivity index is 1.50. The fourth-order valence-corrected chi connectivity index (χ4v) is 5.99. The van der Waals surface area contributed by atoms with E-state index in [1.54, 1.807) is 42.2 Å². The van der Waals surface area contributed by atoms with Crippen molar-refractivity contribution in [2.45, 2.75) is 32.6 Å². The Morgan fingerprint density at radius 3 is 2.58 bits per heavy atom. The largest absolute Gasteiger partial charge is 0.497 e. The second-order valence-electron chi connectivity index (χ2n) is 11.6. The van der Waals surface area contributed by atoms with Gasteiger partial charge in [-0.25, -0.2) is 4.79 Å². The first-order valence-corrected chi connectivity index (χ1v) is 15.1. The van der Waals surface area contributed by atoms with Gasteiger partial charge < -0.3 is 39.0 Å². The van der Waals surface area contributed by atoms with Crippen LogP contribution in [0.1, 0.15) is 29.9 Å². The van der Waals surface area contributed by atoms with Crippen LogP contribution in [0.25, 0.3) is 22.0 Å². The minimum atomic E-state index is -0.439. The molecule has 0 aliphatic carbocycles. The molecule has 0 bridgehead atoms. The summed E-state index contributed by atoms with van der Waals surface area (Å²) in [6.45, 7) is 4.55. The molecule has 238 valence electrons. The summed E-state index contributed by atoms with van der Waals surface area (Å²) in [5, 5.41) is 14.1. The third-order valence-electron chi connectivity index (χ3n) is 8.68. The molecule has 5 rings (SSSR count). The van der Waals surface area contributed by atoms with Crippen molar-refractivity contribution in [1.29, 1.82) is 0 Å². The average molecular weight is 615 g/mol. The highest BCUT2D eigenvalue weighted by molar-refractivity contribution is 6.10. The van der Waals surface area contributed by atoms with Gasteiger partial charge in [-0.15, -0.1) is 0 Å². The van der Waals surface area contributed by atoms with Crippen LogP contribution in [0.2, 0.25) is 0 Å². The molecule has 1 aromatic heterocycles. The summed E-state index contributed by atoms with van der Waals surface area (Å²) in [5.74, 6) is 0.748. The zero-order chi connectivity index (χ0) is 32.2. The molecule has 0 spiro atoms. The van der Waals surface area contributed by atoms with Gasteiger partial charge in [-0.2, -0.15) is 0 Å². The quantitative estimate of drug-likeness (QED) is 0.290. The van der Waals surface area contributed by atoms with Crippen molar-refractivity contribution in [3.05, 3.63) is 78.0 Å². The Morgan fingerprint density at radius 1 is 1.11 bits per heavy atom. The van der Waals surface area contributed by atoms with Crippen LogP contribution in [0.15, 0.2) is 66.7 Å². The average Bonchev–Trinajstić information content (AvgIpc) is 3.35. The van der Waals surface area contributed by atoms with E-state index in [4.69, 9.17) is 14.2 Å². The van der Waals surface area contributed by atoms with Gasteiger partial charge in [-0.05, 0) is 36.2 Å². The maximum atomic E-state index is 14.5. The van der Waals surface area contributed by atoms with Crippen molar-refractivity contribution < 1.29 is 28.9 Å². The number of methoxy groups -OCH3 is 2. The number of fused-ring (bicyclic) bond motifs is 5. The monoisotopic (exact) mass is 614 g/mol. The van der Waals surface area contributed by atoms with Crippen LogP contribution in [0.4, 0.5) is 10.5 Å². The smallest absolute Gasteiger partial charge is 0.321 e. The lowest BCUT2D eigenvalue weighted by Crippen LogP contribution is -2.48. The van der Waals surface area contributed by atoms with E-state index in [2.05, 4.69) is 5.32 Å². The molecule has 45 heavy (non-hydrogen) atoms. The summed E-state index contributed by atoms with van der Waals surface area (Å²) in [5.41, 5.74) is 4.74. The Hall–Kier alpha value is -4.54. The van der Waals surface area contributed by atoms with Gasteiger partial charge in [0.15, 0.2) is 0 Å². The highest BCUT2D eigenvalue weighted by Crippen LogP contribution is 2.38. The number of benzene rings is 3. The van der Waals surface area contributed by atoms with Crippen LogP contribution in [0.5, 0.6) is 11.5 Å². The summed E-state index contributed by atoms with van der Waals surface area (Å²) in [4.78, 5) is 31.2. The molecule has 0 saturated heterocycles. The number of hydrogen-bond donors (Lipinski definition) is 2. The number of rotatable bonds is 7. The maximum Gasteiger partial charge on any atom is 0.321 e. The number of anilines is 1. The third kappa shape index (κ3) is 6.34. The fraction of sp³-hybridized carbons (Fsp3) is 0.371. The predicted molar refractivity (Wildman–Crippen MR) is 175 cm³/mol. The summed E-state index contributed by atoms with van der Waals surface area (Å²) in [6, 6.07) is 20.4. The number of nitrogens with zero attached hydrogens (tertiary/aromatic N) is 3. The first-order chi connectivity index (χ1) is 21.7. The molecule has 1 aliphatic heterocycles. The van der Waals surface area contributed by atoms with E-state index in [-0.39, 0.29) is 31.0 Å². The number of aryl methyl sites for hydroxylation is 1. The Bertz CT molecular complexity index is 1680. The number of amides is 3. The van der Waals surface area contributed by atoms with Gasteiger partial charge >= 0.3 is 6.03 Å². The number of nitrogens with one attached hydrogen (secondary N) is 1.